The summed E-state index contributed by atoms with van der Waals surface area (Å²) in [4.78, 5) is 28.5. The first-order chi connectivity index (χ1) is 38.2. The van der Waals surface area contributed by atoms with E-state index in [1.807, 2.05) is 34.6 Å². The molecular formula is C54H86O27S. The third kappa shape index (κ3) is 10.2. The minimum absolute atomic E-state index is 0.0625. The average molecular weight is 1200 g/mol. The molecule has 0 aromatic carbocycles. The number of carbonyl (C=O) groups excluding carboxylic acids is 2. The van der Waals surface area contributed by atoms with Crippen LogP contribution in [0, 0.1) is 39.4 Å². The Labute approximate surface area is 475 Å². The molecule has 470 valence electrons. The lowest BCUT2D eigenvalue weighted by molar-refractivity contribution is -0.389. The van der Waals surface area contributed by atoms with Crippen LogP contribution in [0.2, 0.25) is 0 Å². The number of rotatable bonds is 17. The second-order valence-corrected chi connectivity index (χ2v) is 26.9. The molecule has 12 N–H and O–H groups in total. The van der Waals surface area contributed by atoms with Gasteiger partial charge in [0.05, 0.1) is 38.1 Å². The van der Waals surface area contributed by atoms with Crippen molar-refractivity contribution in [2.45, 2.75) is 247 Å². The number of ether oxygens (including phenoxy) is 10. The van der Waals surface area contributed by atoms with Crippen LogP contribution in [0.25, 0.3) is 0 Å². The van der Waals surface area contributed by atoms with E-state index in [1.54, 1.807) is 6.08 Å². The molecule has 8 fully saturated rings. The topological polar surface area (TPSA) is 413 Å². The van der Waals surface area contributed by atoms with Crippen molar-refractivity contribution in [2.75, 3.05) is 26.9 Å². The highest BCUT2D eigenvalue weighted by molar-refractivity contribution is 7.80. The summed E-state index contributed by atoms with van der Waals surface area (Å²) < 4.78 is 97.5. The number of allylic oxidation sites excluding steroid dienone is 1. The Balaban J connectivity index is 0.916. The van der Waals surface area contributed by atoms with Crippen LogP contribution in [-0.2, 0) is 71.5 Å². The first-order valence-electron chi connectivity index (χ1n) is 28.5. The van der Waals surface area contributed by atoms with Gasteiger partial charge in [-0.1, -0.05) is 53.2 Å². The van der Waals surface area contributed by atoms with E-state index < -0.39 is 198 Å². The van der Waals surface area contributed by atoms with Gasteiger partial charge >= 0.3 is 16.4 Å². The van der Waals surface area contributed by atoms with Crippen LogP contribution in [0.15, 0.2) is 11.6 Å². The largest absolute Gasteiger partial charge is 0.448 e. The first-order valence-corrected chi connectivity index (χ1v) is 29.8. The highest BCUT2D eigenvalue weighted by atomic mass is 32.3. The Morgan fingerprint density at radius 3 is 1.90 bits per heavy atom. The first kappa shape index (κ1) is 64.4. The molecule has 5 saturated heterocycles. The average Bonchev–Trinajstić information content (AvgIpc) is 1.49. The van der Waals surface area contributed by atoms with Crippen molar-refractivity contribution in [1.29, 1.82) is 0 Å². The Morgan fingerprint density at radius 2 is 1.30 bits per heavy atom. The molecule has 28 heteroatoms. The third-order valence-electron chi connectivity index (χ3n) is 20.7. The summed E-state index contributed by atoms with van der Waals surface area (Å²) in [7, 11) is -4.03. The minimum atomic E-state index is -5.20. The summed E-state index contributed by atoms with van der Waals surface area (Å²) in [5.41, 5.74) is -7.11. The highest BCUT2D eigenvalue weighted by Gasteiger charge is 2.87. The van der Waals surface area contributed by atoms with Crippen LogP contribution in [-0.4, -0.2) is 248 Å². The van der Waals surface area contributed by atoms with Gasteiger partial charge in [0.2, 0.25) is 0 Å². The molecule has 27 nitrogen and oxygen atoms in total. The van der Waals surface area contributed by atoms with E-state index in [0.717, 1.165) is 5.57 Å². The Hall–Kier alpha value is -2.05. The summed E-state index contributed by atoms with van der Waals surface area (Å²) >= 11 is 0. The molecule has 1 spiro atoms. The minimum Gasteiger partial charge on any atom is -0.448 e. The van der Waals surface area contributed by atoms with E-state index in [4.69, 9.17) is 51.6 Å². The fourth-order valence-electron chi connectivity index (χ4n) is 16.2. The van der Waals surface area contributed by atoms with Crippen molar-refractivity contribution in [1.82, 2.24) is 0 Å². The van der Waals surface area contributed by atoms with Gasteiger partial charge in [0, 0.05) is 13.5 Å². The molecule has 4 aliphatic carbocycles. The van der Waals surface area contributed by atoms with Crippen LogP contribution < -0.4 is 0 Å². The van der Waals surface area contributed by atoms with Crippen molar-refractivity contribution in [3.8, 4) is 0 Å². The number of esters is 1. The number of methoxy groups -OCH3 is 1. The molecule has 9 rings (SSSR count). The molecule has 5 aliphatic heterocycles. The zero-order chi connectivity index (χ0) is 60.4. The van der Waals surface area contributed by atoms with Gasteiger partial charge in [-0.3, -0.25) is 14.1 Å². The molecule has 0 radical (unpaired) electrons. The van der Waals surface area contributed by atoms with E-state index in [-0.39, 0.29) is 36.4 Å². The molecule has 28 atom stereocenters. The van der Waals surface area contributed by atoms with E-state index in [2.05, 4.69) is 6.92 Å². The lowest BCUT2D eigenvalue weighted by atomic mass is 9.40. The fourth-order valence-corrected chi connectivity index (χ4v) is 16.7. The van der Waals surface area contributed by atoms with Crippen molar-refractivity contribution in [3.05, 3.63) is 11.6 Å². The Morgan fingerprint density at radius 1 is 0.720 bits per heavy atom. The highest BCUT2D eigenvalue weighted by Crippen LogP contribution is 2.77. The van der Waals surface area contributed by atoms with Crippen molar-refractivity contribution in [2.24, 2.45) is 39.4 Å². The summed E-state index contributed by atoms with van der Waals surface area (Å²) in [6.07, 6.45) is -30.0. The monoisotopic (exact) mass is 1200 g/mol. The molecule has 0 aromatic rings. The molecule has 3 saturated carbocycles. The predicted molar refractivity (Wildman–Crippen MR) is 274 cm³/mol. The van der Waals surface area contributed by atoms with Gasteiger partial charge < -0.3 is 104 Å². The molecule has 0 amide bonds. The smallest absolute Gasteiger partial charge is 0.397 e. The number of cyclic esters (lactones) is 1. The summed E-state index contributed by atoms with van der Waals surface area (Å²) in [5.74, 6) is -1.46. The van der Waals surface area contributed by atoms with Crippen molar-refractivity contribution in [3.63, 3.8) is 0 Å². The van der Waals surface area contributed by atoms with Crippen LogP contribution in [0.4, 0.5) is 0 Å². The molecule has 0 aromatic heterocycles. The van der Waals surface area contributed by atoms with Crippen LogP contribution >= 0.6 is 0 Å². The molecule has 0 bridgehead atoms. The number of hydrogen-bond donors (Lipinski definition) is 12. The Bertz CT molecular complexity index is 2470. The lowest BCUT2D eigenvalue weighted by Crippen LogP contribution is -2.69. The number of hydrogen-bond acceptors (Lipinski definition) is 26. The molecular weight excluding hydrogens is 1110 g/mol. The van der Waals surface area contributed by atoms with Crippen LogP contribution in [0.5, 0.6) is 0 Å². The van der Waals surface area contributed by atoms with Crippen LogP contribution in [0.3, 0.4) is 0 Å². The summed E-state index contributed by atoms with van der Waals surface area (Å²) in [6.45, 7) is 12.6. The number of fused-ring (bicyclic) bond motifs is 4. The lowest BCUT2D eigenvalue weighted by Gasteiger charge is -2.64. The standard InChI is InChI=1S/C54H86O27S/c1-22(2)10-13-30(57)52(8)53(67)17-16-51(7)24-11-12-29-49(4,5)32(14-15-50(29,6)25(24)18-31(58)54(51,53)48(66)80-52)76-47-43(35(61)28(21-72-47)81-82(68,69)70)79-44-37(63)36(62)40(23(3)73-44)77-46-39(65)42(34(60)27(20-56)75-46)78-45-38(64)41(71-9)33(59)26(19-55)74-45/h18,22-24,26-29,31-47,55-56,58-65,67H,10-17,19-21H2,1-9H3,(H,68,69,70)/t23-,24-,26-,27-,28-,29+,31+,32+,33-,34-,35+,36-,37-,38-,39-,40-,41+,42+,43-,44+,45+,46+,47+,50-,51+,52+,53+,54-/m1/s1. The second kappa shape index (κ2) is 23.2. The van der Waals surface area contributed by atoms with Crippen LogP contribution in [0.1, 0.15) is 107 Å². The molecule has 5 heterocycles. The summed E-state index contributed by atoms with van der Waals surface area (Å²) in [5, 5.41) is 124. The van der Waals surface area contributed by atoms with E-state index >= 15 is 0 Å². The van der Waals surface area contributed by atoms with Gasteiger partial charge in [-0.25, -0.2) is 4.18 Å². The Kier molecular flexibility index (Phi) is 18.2. The van der Waals surface area contributed by atoms with Crippen molar-refractivity contribution >= 4 is 22.2 Å². The maximum absolute atomic E-state index is 14.5. The van der Waals surface area contributed by atoms with Crippen molar-refractivity contribution < 1.29 is 130 Å². The number of Topliss-reactive ketones (excluding diaryl/α,β-unsaturated/α-hetero) is 1. The fraction of sp³-hybridized carbons (Fsp3) is 0.926. The van der Waals surface area contributed by atoms with Gasteiger partial charge in [-0.2, -0.15) is 8.42 Å². The van der Waals surface area contributed by atoms with E-state index in [0.29, 0.717) is 38.5 Å². The number of aliphatic hydroxyl groups is 11. The number of carbonyl (C=O) groups is 2. The normalized spacial score (nSPS) is 51.1. The second-order valence-electron chi connectivity index (χ2n) is 25.9. The quantitative estimate of drug-likeness (QED) is 0.0318. The van der Waals surface area contributed by atoms with E-state index in [1.165, 1.54) is 21.0 Å². The molecule has 82 heavy (non-hydrogen) atoms. The number of ketones is 1. The van der Waals surface area contributed by atoms with Gasteiger partial charge in [0.25, 0.3) is 0 Å². The van der Waals surface area contributed by atoms with E-state index in [9.17, 15) is 78.7 Å². The maximum atomic E-state index is 14.5. The zero-order valence-corrected chi connectivity index (χ0v) is 48.4. The summed E-state index contributed by atoms with van der Waals surface area (Å²) in [6, 6.07) is 0. The molecule has 0 unspecified atom stereocenters. The SMILES string of the molecule is CO[C@@H]1[C@@H](O)[C@H](O[C@@H]2[C@@H](O)[C@H](O[C@H]3[C@H](O)[C@@H](O)[C@H](O[C@H]4[C@H](O[C@H]5CC[C@]6(C)C7=C[C@H](O)[C@]89C(=O)O[C@@](C)(C(=O)CCC(C)C)[C@@]8(O)CC[C@@]9(C)[C@@H]7CC[C@H]6C5(C)C)OC[C@@H](OS(=O)(=O)O)[C@@H]4O)O[C@@H]3C)O[C@H](CO)[C@H]2O)O[C@H](CO)[C@H]1O. The molecule has 9 aliphatic rings. The number of aliphatic hydroxyl groups excluding tert-OH is 10. The maximum Gasteiger partial charge on any atom is 0.397 e. The predicted octanol–water partition coefficient (Wildman–Crippen LogP) is -2.22. The van der Waals surface area contributed by atoms with Gasteiger partial charge in [0.1, 0.15) is 96.5 Å². The van der Waals surface area contributed by atoms with Gasteiger partial charge in [-0.05, 0) is 92.8 Å². The van der Waals surface area contributed by atoms with Gasteiger partial charge in [-0.15, -0.1) is 0 Å². The third-order valence-corrected chi connectivity index (χ3v) is 21.2. The zero-order valence-electron chi connectivity index (χ0n) is 47.6. The van der Waals surface area contributed by atoms with Gasteiger partial charge in [0.15, 0.2) is 36.5 Å².